The molecule has 1 aromatic rings. The van der Waals surface area contributed by atoms with Gasteiger partial charge >= 0.3 is 0 Å². The van der Waals surface area contributed by atoms with Crippen molar-refractivity contribution < 1.29 is 8.42 Å². The maximum absolute atomic E-state index is 11.8. The molecule has 2 saturated heterocycles. The van der Waals surface area contributed by atoms with E-state index < -0.39 is 9.84 Å². The van der Waals surface area contributed by atoms with E-state index in [9.17, 15) is 8.42 Å². The van der Waals surface area contributed by atoms with E-state index in [2.05, 4.69) is 34.5 Å². The summed E-state index contributed by atoms with van der Waals surface area (Å²) in [5.74, 6) is 0.365. The van der Waals surface area contributed by atoms with E-state index in [1.165, 1.54) is 24.1 Å². The molecule has 1 aromatic carbocycles. The van der Waals surface area contributed by atoms with E-state index in [0.717, 1.165) is 32.5 Å². The van der Waals surface area contributed by atoms with Gasteiger partial charge in [-0.15, -0.1) is 0 Å². The molecule has 0 spiro atoms. The number of benzene rings is 1. The number of nitrogens with one attached hydrogen (secondary N) is 1. The minimum atomic E-state index is -2.84. The molecule has 0 aromatic heterocycles. The number of nitrogens with zero attached hydrogens (tertiary/aromatic N) is 1. The Bertz CT molecular complexity index is 580. The maximum atomic E-state index is 11.8. The molecule has 5 heteroatoms. The molecule has 116 valence electrons. The van der Waals surface area contributed by atoms with E-state index >= 15 is 0 Å². The topological polar surface area (TPSA) is 49.4 Å². The van der Waals surface area contributed by atoms with E-state index in [4.69, 9.17) is 0 Å². The second-order valence-electron chi connectivity index (χ2n) is 6.08. The predicted octanol–water partition coefficient (Wildman–Crippen LogP) is 1.95. The van der Waals surface area contributed by atoms with Crippen LogP contribution in [0.3, 0.4) is 0 Å². The van der Waals surface area contributed by atoms with Gasteiger partial charge < -0.3 is 10.2 Å². The molecule has 0 bridgehead atoms. The molecule has 1 atom stereocenters. The zero-order chi connectivity index (χ0) is 14.7. The fourth-order valence-electron chi connectivity index (χ4n) is 3.38. The van der Waals surface area contributed by atoms with Crippen LogP contribution in [0, 0.1) is 0 Å². The van der Waals surface area contributed by atoms with Crippen LogP contribution >= 0.6 is 0 Å². The van der Waals surface area contributed by atoms with Gasteiger partial charge in [-0.2, -0.15) is 0 Å². The monoisotopic (exact) mass is 308 g/mol. The Kier molecular flexibility index (Phi) is 4.50. The first-order valence-electron chi connectivity index (χ1n) is 7.92. The second kappa shape index (κ2) is 6.36. The molecular weight excluding hydrogens is 284 g/mol. The second-order valence-corrected chi connectivity index (χ2v) is 8.49. The van der Waals surface area contributed by atoms with Crippen LogP contribution in [-0.4, -0.2) is 39.1 Å². The van der Waals surface area contributed by atoms with Crippen molar-refractivity contribution in [3.8, 4) is 0 Å². The van der Waals surface area contributed by atoms with Gasteiger partial charge in [0.1, 0.15) is 0 Å². The van der Waals surface area contributed by atoms with E-state index in [0.29, 0.717) is 12.3 Å². The largest absolute Gasteiger partial charge is 0.371 e. The zero-order valence-corrected chi connectivity index (χ0v) is 13.2. The lowest BCUT2D eigenvalue weighted by atomic mass is 10.1. The number of rotatable bonds is 5. The first kappa shape index (κ1) is 14.9. The van der Waals surface area contributed by atoms with Crippen LogP contribution in [0.4, 0.5) is 5.69 Å². The Morgan fingerprint density at radius 3 is 2.62 bits per heavy atom. The molecule has 0 radical (unpaired) electrons. The standard InChI is InChI=1S/C16H24N2O2S/c19-21(20)11-5-7-15(21)13-17-12-14-6-1-2-8-16(14)18-9-3-4-10-18/h1-2,6,8,15,17H,3-5,7,9-13H2. The van der Waals surface area contributed by atoms with Crippen LogP contribution in [0.1, 0.15) is 31.2 Å². The zero-order valence-electron chi connectivity index (χ0n) is 12.4. The number of sulfone groups is 1. The van der Waals surface area contributed by atoms with Crippen LogP contribution in [0.25, 0.3) is 0 Å². The Morgan fingerprint density at radius 1 is 1.14 bits per heavy atom. The highest BCUT2D eigenvalue weighted by Crippen LogP contribution is 2.24. The van der Waals surface area contributed by atoms with E-state index in [-0.39, 0.29) is 5.25 Å². The Labute approximate surface area is 127 Å². The summed E-state index contributed by atoms with van der Waals surface area (Å²) in [7, 11) is -2.84. The average Bonchev–Trinajstić information content (AvgIpc) is 3.10. The quantitative estimate of drug-likeness (QED) is 0.903. The fourth-order valence-corrected chi connectivity index (χ4v) is 5.18. The molecule has 4 nitrogen and oxygen atoms in total. The highest BCUT2D eigenvalue weighted by molar-refractivity contribution is 7.92. The normalized spacial score (nSPS) is 24.6. The maximum Gasteiger partial charge on any atom is 0.154 e. The molecule has 0 aliphatic carbocycles. The van der Waals surface area contributed by atoms with Gasteiger partial charge in [0.05, 0.1) is 11.0 Å². The van der Waals surface area contributed by atoms with Crippen LogP contribution in [0.5, 0.6) is 0 Å². The van der Waals surface area contributed by atoms with Crippen LogP contribution in [-0.2, 0) is 16.4 Å². The summed E-state index contributed by atoms with van der Waals surface area (Å²) >= 11 is 0. The van der Waals surface area contributed by atoms with Gasteiger partial charge in [0.25, 0.3) is 0 Å². The van der Waals surface area contributed by atoms with Crippen molar-refractivity contribution in [2.24, 2.45) is 0 Å². The predicted molar refractivity (Wildman–Crippen MR) is 86.4 cm³/mol. The SMILES string of the molecule is O=S1(=O)CCCC1CNCc1ccccc1N1CCCC1. The number of anilines is 1. The van der Waals surface area contributed by atoms with Crippen LogP contribution < -0.4 is 10.2 Å². The van der Waals surface area contributed by atoms with Crippen molar-refractivity contribution in [2.45, 2.75) is 37.5 Å². The van der Waals surface area contributed by atoms with E-state index in [1.54, 1.807) is 0 Å². The molecule has 2 aliphatic rings. The fraction of sp³-hybridized carbons (Fsp3) is 0.625. The molecule has 21 heavy (non-hydrogen) atoms. The third-order valence-electron chi connectivity index (χ3n) is 4.59. The van der Waals surface area contributed by atoms with Gasteiger partial charge in [-0.1, -0.05) is 18.2 Å². The minimum absolute atomic E-state index is 0.184. The van der Waals surface area contributed by atoms with Gasteiger partial charge in [-0.3, -0.25) is 0 Å². The summed E-state index contributed by atoms with van der Waals surface area (Å²) < 4.78 is 23.7. The molecule has 0 amide bonds. The average molecular weight is 308 g/mol. The molecule has 2 heterocycles. The third-order valence-corrected chi connectivity index (χ3v) is 6.86. The van der Waals surface area contributed by atoms with Gasteiger partial charge in [0.15, 0.2) is 9.84 Å². The van der Waals surface area contributed by atoms with Crippen LogP contribution in [0.2, 0.25) is 0 Å². The highest BCUT2D eigenvalue weighted by atomic mass is 32.2. The lowest BCUT2D eigenvalue weighted by Gasteiger charge is -2.22. The van der Waals surface area contributed by atoms with Crippen molar-refractivity contribution in [1.82, 2.24) is 5.32 Å². The summed E-state index contributed by atoms with van der Waals surface area (Å²) in [6.45, 7) is 3.59. The molecule has 1 unspecified atom stereocenters. The van der Waals surface area contributed by atoms with Crippen molar-refractivity contribution in [2.75, 3.05) is 30.3 Å². The summed E-state index contributed by atoms with van der Waals surface area (Å²) in [5, 5.41) is 3.17. The highest BCUT2D eigenvalue weighted by Gasteiger charge is 2.30. The lowest BCUT2D eigenvalue weighted by molar-refractivity contribution is 0.574. The molecule has 3 rings (SSSR count). The van der Waals surface area contributed by atoms with Crippen LogP contribution in [0.15, 0.2) is 24.3 Å². The van der Waals surface area contributed by atoms with Crippen molar-refractivity contribution >= 4 is 15.5 Å². The van der Waals surface area contributed by atoms with Crippen molar-refractivity contribution in [3.05, 3.63) is 29.8 Å². The molecule has 2 fully saturated rings. The van der Waals surface area contributed by atoms with E-state index in [1.807, 2.05) is 0 Å². The number of hydrogen-bond donors (Lipinski definition) is 1. The Hall–Kier alpha value is -1.07. The number of para-hydroxylation sites is 1. The lowest BCUT2D eigenvalue weighted by Crippen LogP contribution is -2.30. The third kappa shape index (κ3) is 3.40. The van der Waals surface area contributed by atoms with Crippen molar-refractivity contribution in [1.29, 1.82) is 0 Å². The van der Waals surface area contributed by atoms with Gasteiger partial charge in [-0.25, -0.2) is 8.42 Å². The Balaban J connectivity index is 1.60. The van der Waals surface area contributed by atoms with Gasteiger partial charge in [0.2, 0.25) is 0 Å². The Morgan fingerprint density at radius 2 is 1.90 bits per heavy atom. The molecule has 0 saturated carbocycles. The first-order valence-corrected chi connectivity index (χ1v) is 9.63. The number of hydrogen-bond acceptors (Lipinski definition) is 4. The summed E-state index contributed by atoms with van der Waals surface area (Å²) in [6.07, 6.45) is 4.16. The summed E-state index contributed by atoms with van der Waals surface area (Å²) in [6, 6.07) is 8.46. The summed E-state index contributed by atoms with van der Waals surface area (Å²) in [5.41, 5.74) is 2.58. The molecule has 1 N–H and O–H groups in total. The smallest absolute Gasteiger partial charge is 0.154 e. The molecular formula is C16H24N2O2S. The van der Waals surface area contributed by atoms with Gasteiger partial charge in [-0.05, 0) is 37.3 Å². The summed E-state index contributed by atoms with van der Waals surface area (Å²) in [4.78, 5) is 2.43. The van der Waals surface area contributed by atoms with Crippen molar-refractivity contribution in [3.63, 3.8) is 0 Å². The van der Waals surface area contributed by atoms with Gasteiger partial charge in [0, 0.05) is 31.9 Å². The minimum Gasteiger partial charge on any atom is -0.371 e. The molecule has 2 aliphatic heterocycles. The first-order chi connectivity index (χ1) is 10.2.